The van der Waals surface area contributed by atoms with Crippen LogP contribution in [0.3, 0.4) is 0 Å². The van der Waals surface area contributed by atoms with Gasteiger partial charge in [-0.3, -0.25) is 0 Å². The number of benzene rings is 2. The third kappa shape index (κ3) is 4.58. The van der Waals surface area contributed by atoms with Crippen LogP contribution in [0.5, 0.6) is 0 Å². The van der Waals surface area contributed by atoms with Gasteiger partial charge in [-0.15, -0.1) is 0 Å². The summed E-state index contributed by atoms with van der Waals surface area (Å²) < 4.78 is 23.8. The van der Waals surface area contributed by atoms with Crippen molar-refractivity contribution in [3.05, 3.63) is 70.7 Å². The van der Waals surface area contributed by atoms with Crippen molar-refractivity contribution in [2.75, 3.05) is 0 Å². The second-order valence-electron chi connectivity index (χ2n) is 9.61. The summed E-state index contributed by atoms with van der Waals surface area (Å²) in [5.74, 6) is 0. The molecule has 1 fully saturated rings. The van der Waals surface area contributed by atoms with Crippen LogP contribution in [0.1, 0.15) is 59.1 Å². The van der Waals surface area contributed by atoms with Crippen LogP contribution >= 0.6 is 11.6 Å². The zero-order valence-electron chi connectivity index (χ0n) is 19.6. The molecule has 0 amide bonds. The minimum atomic E-state index is -1.97. The van der Waals surface area contributed by atoms with Gasteiger partial charge in [0.2, 0.25) is 0 Å². The molecule has 0 heterocycles. The molecule has 0 aliphatic heterocycles. The molecule has 0 bridgehead atoms. The van der Waals surface area contributed by atoms with Crippen molar-refractivity contribution in [3.63, 3.8) is 0 Å². The van der Waals surface area contributed by atoms with Gasteiger partial charge >= 0.3 is 0 Å². The highest BCUT2D eigenvalue weighted by Gasteiger charge is 2.73. The van der Waals surface area contributed by atoms with Crippen molar-refractivity contribution in [3.8, 4) is 0 Å². The lowest BCUT2D eigenvalue weighted by molar-refractivity contribution is 0.131. The first kappa shape index (κ1) is 24.7. The molecule has 3 rings (SSSR count). The fourth-order valence-corrected chi connectivity index (χ4v) is 8.60. The first-order valence-electron chi connectivity index (χ1n) is 11.3. The highest BCUT2D eigenvalue weighted by atomic mass is 35.5. The van der Waals surface area contributed by atoms with E-state index in [1.165, 1.54) is 0 Å². The van der Waals surface area contributed by atoms with E-state index in [9.17, 15) is 4.21 Å². The van der Waals surface area contributed by atoms with Crippen molar-refractivity contribution < 1.29 is 8.63 Å². The van der Waals surface area contributed by atoms with E-state index in [0.717, 1.165) is 35.7 Å². The van der Waals surface area contributed by atoms with E-state index in [1.807, 2.05) is 39.0 Å². The Morgan fingerprint density at radius 1 is 0.968 bits per heavy atom. The highest BCUT2D eigenvalue weighted by Crippen LogP contribution is 2.66. The van der Waals surface area contributed by atoms with E-state index in [1.54, 1.807) is 0 Å². The number of rotatable bonds is 9. The first-order valence-corrected chi connectivity index (χ1v) is 15.4. The Labute approximate surface area is 196 Å². The molecule has 0 unspecified atom stereocenters. The molecule has 0 spiro atoms. The van der Waals surface area contributed by atoms with E-state index < -0.39 is 30.4 Å². The van der Waals surface area contributed by atoms with Gasteiger partial charge in [-0.1, -0.05) is 74.8 Å². The Hall–Kier alpha value is -0.983. The van der Waals surface area contributed by atoms with Crippen LogP contribution in [0.4, 0.5) is 0 Å². The van der Waals surface area contributed by atoms with E-state index in [-0.39, 0.29) is 4.75 Å². The Bertz CT molecular complexity index is 903. The fourth-order valence-electron chi connectivity index (χ4n) is 4.46. The lowest BCUT2D eigenvalue weighted by Gasteiger charge is -2.38. The second-order valence-corrected chi connectivity index (χ2v) is 16.7. The predicted octanol–water partition coefficient (Wildman–Crippen LogP) is 6.91. The van der Waals surface area contributed by atoms with Crippen molar-refractivity contribution >= 4 is 30.9 Å². The topological polar surface area (TPSA) is 38.3 Å². The van der Waals surface area contributed by atoms with Crippen molar-refractivity contribution in [2.24, 2.45) is 0 Å². The zero-order valence-corrected chi connectivity index (χ0v) is 22.2. The minimum Gasteiger partial charge on any atom is -0.405 e. The lowest BCUT2D eigenvalue weighted by atomic mass is 9.97. The summed E-state index contributed by atoms with van der Waals surface area (Å²) in [4.78, 5) is 0. The van der Waals surface area contributed by atoms with Crippen LogP contribution < -0.4 is 4.72 Å². The molecule has 31 heavy (non-hydrogen) atoms. The van der Waals surface area contributed by atoms with Crippen molar-refractivity contribution in [2.45, 2.75) is 82.0 Å². The third-order valence-corrected chi connectivity index (χ3v) is 13.3. The number of nitrogens with one attached hydrogen (secondary N) is 1. The maximum absolute atomic E-state index is 13.4. The summed E-state index contributed by atoms with van der Waals surface area (Å²) >= 11 is 6.22. The summed E-state index contributed by atoms with van der Waals surface area (Å²) in [6.07, 6.45) is 0.752. The molecule has 1 N–H and O–H groups in total. The van der Waals surface area contributed by atoms with Gasteiger partial charge in [0.05, 0.1) is 21.3 Å². The molecule has 1 aliphatic rings. The normalized spacial score (nSPS) is 24.7. The van der Waals surface area contributed by atoms with Gasteiger partial charge in [0, 0.05) is 11.4 Å². The molecular weight excluding hydrogens is 442 g/mol. The van der Waals surface area contributed by atoms with Crippen molar-refractivity contribution in [1.29, 1.82) is 0 Å². The predicted molar refractivity (Wildman–Crippen MR) is 135 cm³/mol. The molecule has 2 aromatic rings. The van der Waals surface area contributed by atoms with Crippen molar-refractivity contribution in [1.82, 2.24) is 4.72 Å². The van der Waals surface area contributed by atoms with Gasteiger partial charge in [-0.05, 0) is 62.2 Å². The van der Waals surface area contributed by atoms with Gasteiger partial charge < -0.3 is 4.43 Å². The fraction of sp³-hybridized carbons (Fsp3) is 0.520. The molecule has 0 saturated heterocycles. The van der Waals surface area contributed by atoms with Crippen LogP contribution in [0, 0.1) is 0 Å². The van der Waals surface area contributed by atoms with Crippen LogP contribution in [-0.4, -0.2) is 17.3 Å². The van der Waals surface area contributed by atoms with Gasteiger partial charge in [-0.25, -0.2) is 8.93 Å². The summed E-state index contributed by atoms with van der Waals surface area (Å²) in [5.41, 5.74) is 1.12. The smallest absolute Gasteiger partial charge is 0.193 e. The average molecular weight is 478 g/mol. The number of halogens is 1. The van der Waals surface area contributed by atoms with E-state index in [2.05, 4.69) is 61.9 Å². The Balaban J connectivity index is 2.19. The Morgan fingerprint density at radius 3 is 2.00 bits per heavy atom. The number of hydrogen-bond acceptors (Lipinski definition) is 2. The zero-order chi connectivity index (χ0) is 22.9. The molecule has 1 saturated carbocycles. The maximum atomic E-state index is 13.4. The molecule has 0 aromatic heterocycles. The van der Waals surface area contributed by atoms with Gasteiger partial charge in [0.15, 0.2) is 8.32 Å². The summed E-state index contributed by atoms with van der Waals surface area (Å²) in [7, 11) is -3.22. The molecule has 3 nitrogen and oxygen atoms in total. The molecular formula is C25H36ClNO2SSi. The summed E-state index contributed by atoms with van der Waals surface area (Å²) in [6, 6.07) is 21.6. The van der Waals surface area contributed by atoms with Gasteiger partial charge in [-0.2, -0.15) is 0 Å². The van der Waals surface area contributed by atoms with Gasteiger partial charge in [0.25, 0.3) is 0 Å². The van der Waals surface area contributed by atoms with Crippen LogP contribution in [0.25, 0.3) is 0 Å². The lowest BCUT2D eigenvalue weighted by Crippen LogP contribution is -2.48. The van der Waals surface area contributed by atoms with Crippen LogP contribution in [-0.2, 0) is 26.6 Å². The van der Waals surface area contributed by atoms with Crippen LogP contribution in [0.15, 0.2) is 54.6 Å². The maximum Gasteiger partial charge on any atom is 0.193 e. The quantitative estimate of drug-likeness (QED) is 0.398. The highest BCUT2D eigenvalue weighted by molar-refractivity contribution is 7.84. The average Bonchev–Trinajstić information content (AvgIpc) is 3.41. The largest absolute Gasteiger partial charge is 0.405 e. The van der Waals surface area contributed by atoms with E-state index >= 15 is 0 Å². The molecule has 170 valence electrons. The van der Waals surface area contributed by atoms with Crippen LogP contribution in [0.2, 0.25) is 23.2 Å². The summed E-state index contributed by atoms with van der Waals surface area (Å²) in [5, 5.41) is 0.696. The monoisotopic (exact) mass is 477 g/mol. The van der Waals surface area contributed by atoms with E-state index in [0.29, 0.717) is 5.02 Å². The summed E-state index contributed by atoms with van der Waals surface area (Å²) in [6.45, 7) is 12.8. The molecule has 3 atom stereocenters. The minimum absolute atomic E-state index is 0.390. The standard InChI is InChI=1S/C25H36ClNO2SSi/c1-7-31(8-2,9-3)29-25(21-13-11-10-12-14-21)19-24(25,27-30(28)23(4,5)6)20-15-17-22(26)18-16-20/h10-18,27H,7-9,19H2,1-6H3/t24-,25+,30-/m1/s1. The molecule has 6 heteroatoms. The Morgan fingerprint density at radius 2 is 1.52 bits per heavy atom. The van der Waals surface area contributed by atoms with E-state index in [4.69, 9.17) is 16.0 Å². The Kier molecular flexibility index (Phi) is 7.24. The third-order valence-electron chi connectivity index (χ3n) is 6.80. The molecule has 2 aromatic carbocycles. The first-order chi connectivity index (χ1) is 14.6. The number of hydrogen-bond donors (Lipinski definition) is 1. The molecule has 1 aliphatic carbocycles. The second kappa shape index (κ2) is 9.10. The molecule has 0 radical (unpaired) electrons. The van der Waals surface area contributed by atoms with Gasteiger partial charge in [0.1, 0.15) is 5.60 Å². The SMILES string of the molecule is CC[Si](CC)(CC)O[C@]1(c2ccccc2)C[C@@]1(N[S@](=O)C(C)(C)C)c1ccc(Cl)cc1.